The van der Waals surface area contributed by atoms with E-state index in [2.05, 4.69) is 62.5 Å². The van der Waals surface area contributed by atoms with Crippen LogP contribution in [0.5, 0.6) is 0 Å². The predicted molar refractivity (Wildman–Crippen MR) is 226 cm³/mol. The second-order valence-corrected chi connectivity index (χ2v) is 15.1. The molecular formula is C46H85N3O3. The van der Waals surface area contributed by atoms with Gasteiger partial charge in [0.25, 0.3) is 0 Å². The minimum Gasteiger partial charge on any atom is -0.374 e. The maximum atomic E-state index is 13.1. The van der Waals surface area contributed by atoms with Gasteiger partial charge in [0, 0.05) is 26.3 Å². The van der Waals surface area contributed by atoms with Crippen molar-refractivity contribution in [2.75, 3.05) is 32.8 Å². The van der Waals surface area contributed by atoms with Crippen LogP contribution in [0.2, 0.25) is 0 Å². The molecule has 0 saturated carbocycles. The fraction of sp³-hybridized carbons (Fsp3) is 0.804. The number of likely N-dealkylation sites (tertiary alicyclic amines) is 1. The van der Waals surface area contributed by atoms with E-state index in [4.69, 9.17) is 20.9 Å². The molecule has 0 bridgehead atoms. The number of nitrogens with two attached hydrogens (primary N) is 2. The summed E-state index contributed by atoms with van der Waals surface area (Å²) in [5.74, 6) is 0.0270. The van der Waals surface area contributed by atoms with Crippen LogP contribution in [-0.2, 0) is 14.3 Å². The Bertz CT molecular complexity index is 843. The molecule has 1 unspecified atom stereocenters. The molecule has 0 radical (unpaired) electrons. The van der Waals surface area contributed by atoms with Gasteiger partial charge in [0.15, 0.2) is 0 Å². The highest BCUT2D eigenvalue weighted by molar-refractivity contribution is 5.82. The zero-order chi connectivity index (χ0) is 37.6. The van der Waals surface area contributed by atoms with E-state index >= 15 is 0 Å². The Kier molecular flexibility index (Phi) is 34.9. The number of hydrogen-bond acceptors (Lipinski definition) is 5. The summed E-state index contributed by atoms with van der Waals surface area (Å²) in [6.45, 7) is 7.78. The van der Waals surface area contributed by atoms with Gasteiger partial charge in [-0.1, -0.05) is 146 Å². The fourth-order valence-corrected chi connectivity index (χ4v) is 6.76. The zero-order valence-electron chi connectivity index (χ0n) is 34.3. The van der Waals surface area contributed by atoms with E-state index in [1.54, 1.807) is 0 Å². The summed E-state index contributed by atoms with van der Waals surface area (Å²) in [5.41, 5.74) is 11.9. The van der Waals surface area contributed by atoms with Crippen molar-refractivity contribution in [3.63, 3.8) is 0 Å². The van der Waals surface area contributed by atoms with Gasteiger partial charge in [-0.25, -0.2) is 0 Å². The van der Waals surface area contributed by atoms with Crippen molar-refractivity contribution in [2.24, 2.45) is 11.5 Å². The van der Waals surface area contributed by atoms with Crippen LogP contribution < -0.4 is 11.5 Å². The van der Waals surface area contributed by atoms with Crippen LogP contribution in [0, 0.1) is 0 Å². The molecule has 6 nitrogen and oxygen atoms in total. The Morgan fingerprint density at radius 1 is 0.558 bits per heavy atom. The van der Waals surface area contributed by atoms with Gasteiger partial charge in [-0.2, -0.15) is 0 Å². The van der Waals surface area contributed by atoms with Gasteiger partial charge in [0.2, 0.25) is 5.91 Å². The van der Waals surface area contributed by atoms with Gasteiger partial charge in [-0.05, 0) is 96.4 Å². The number of carbonyl (C=O) groups excluding carboxylic acids is 1. The van der Waals surface area contributed by atoms with Crippen LogP contribution in [0.3, 0.4) is 0 Å². The third-order valence-corrected chi connectivity index (χ3v) is 10.2. The number of amides is 1. The Morgan fingerprint density at radius 2 is 0.942 bits per heavy atom. The lowest BCUT2D eigenvalue weighted by molar-refractivity contribution is -0.132. The molecule has 3 atom stereocenters. The highest BCUT2D eigenvalue weighted by Gasteiger charge is 2.38. The molecule has 0 aromatic rings. The van der Waals surface area contributed by atoms with Gasteiger partial charge in [-0.15, -0.1) is 0 Å². The second kappa shape index (κ2) is 37.6. The lowest BCUT2D eigenvalue weighted by atomic mass is 10.1. The SMILES string of the molecule is CCCCC/C=C\C/C=C\CCCCCCCCOC1CN(C(=O)[C@@H](N)CCCCN)C[C@H]1OCCCCCCCC/C=C\C/C=C\CCCCC. The van der Waals surface area contributed by atoms with E-state index in [0.29, 0.717) is 26.1 Å². The van der Waals surface area contributed by atoms with Crippen molar-refractivity contribution in [3.05, 3.63) is 48.6 Å². The summed E-state index contributed by atoms with van der Waals surface area (Å²) < 4.78 is 12.8. The minimum absolute atomic E-state index is 0.0270. The lowest BCUT2D eigenvalue weighted by Crippen LogP contribution is -2.43. The smallest absolute Gasteiger partial charge is 0.239 e. The second-order valence-electron chi connectivity index (χ2n) is 15.1. The van der Waals surface area contributed by atoms with Crippen molar-refractivity contribution in [1.29, 1.82) is 0 Å². The molecular weight excluding hydrogens is 643 g/mol. The molecule has 0 spiro atoms. The van der Waals surface area contributed by atoms with Crippen LogP contribution in [0.4, 0.5) is 0 Å². The monoisotopic (exact) mass is 728 g/mol. The molecule has 0 aromatic heterocycles. The molecule has 1 aliphatic heterocycles. The summed E-state index contributed by atoms with van der Waals surface area (Å²) >= 11 is 0. The van der Waals surface area contributed by atoms with Crippen molar-refractivity contribution in [2.45, 2.75) is 205 Å². The average Bonchev–Trinajstić information content (AvgIpc) is 3.56. The molecule has 0 aliphatic carbocycles. The first-order valence-corrected chi connectivity index (χ1v) is 22.2. The predicted octanol–water partition coefficient (Wildman–Crippen LogP) is 11.7. The zero-order valence-corrected chi connectivity index (χ0v) is 34.3. The molecule has 1 aliphatic rings. The first kappa shape index (κ1) is 48.3. The van der Waals surface area contributed by atoms with Crippen molar-refractivity contribution in [3.8, 4) is 0 Å². The topological polar surface area (TPSA) is 90.8 Å². The number of hydrogen-bond donors (Lipinski definition) is 2. The van der Waals surface area contributed by atoms with Gasteiger partial charge in [-0.3, -0.25) is 4.79 Å². The fourth-order valence-electron chi connectivity index (χ4n) is 6.76. The molecule has 302 valence electrons. The number of carbonyl (C=O) groups is 1. The first-order chi connectivity index (χ1) is 25.6. The van der Waals surface area contributed by atoms with E-state index in [1.807, 2.05) is 4.90 Å². The van der Waals surface area contributed by atoms with Crippen LogP contribution in [0.15, 0.2) is 48.6 Å². The van der Waals surface area contributed by atoms with E-state index in [0.717, 1.165) is 51.7 Å². The Hall–Kier alpha value is -1.73. The standard InChI is InChI=1S/C46H85N3O3/c1-3-5-7-9-11-13-15-17-19-21-23-25-27-29-31-35-39-51-44-41-49(46(50)43(48)37-33-34-38-47)42-45(44)52-40-36-32-30-28-26-24-22-20-18-16-14-12-10-8-6-4-2/h11-14,17-20,43-45H,3-10,15-16,21-42,47-48H2,1-2H3/b13-11-,14-12-,19-17-,20-18-/t43-,44+,45?/m0/s1. The summed E-state index contributed by atoms with van der Waals surface area (Å²) in [6, 6.07) is -0.466. The van der Waals surface area contributed by atoms with Gasteiger partial charge in [0.05, 0.1) is 6.04 Å². The Balaban J connectivity index is 2.24. The van der Waals surface area contributed by atoms with Crippen LogP contribution in [-0.4, -0.2) is 61.9 Å². The summed E-state index contributed by atoms with van der Waals surface area (Å²) in [6.07, 6.45) is 50.6. The average molecular weight is 728 g/mol. The number of ether oxygens (including phenoxy) is 2. The number of unbranched alkanes of at least 4 members (excludes halogenated alkanes) is 19. The van der Waals surface area contributed by atoms with Crippen molar-refractivity contribution < 1.29 is 14.3 Å². The summed E-state index contributed by atoms with van der Waals surface area (Å²) in [4.78, 5) is 15.0. The van der Waals surface area contributed by atoms with Gasteiger partial charge < -0.3 is 25.8 Å². The molecule has 6 heteroatoms. The van der Waals surface area contributed by atoms with Crippen molar-refractivity contribution in [1.82, 2.24) is 4.90 Å². The Labute approximate surface area is 322 Å². The molecule has 1 rings (SSSR count). The lowest BCUT2D eigenvalue weighted by Gasteiger charge is -2.20. The highest BCUT2D eigenvalue weighted by Crippen LogP contribution is 2.20. The van der Waals surface area contributed by atoms with Gasteiger partial charge >= 0.3 is 0 Å². The van der Waals surface area contributed by atoms with Crippen molar-refractivity contribution >= 4 is 5.91 Å². The van der Waals surface area contributed by atoms with E-state index in [1.165, 1.54) is 128 Å². The molecule has 1 fully saturated rings. The number of allylic oxidation sites excluding steroid dienone is 8. The third kappa shape index (κ3) is 28.7. The van der Waals surface area contributed by atoms with Crippen LogP contribution in [0.25, 0.3) is 0 Å². The van der Waals surface area contributed by atoms with Gasteiger partial charge in [0.1, 0.15) is 12.2 Å². The molecule has 0 aromatic carbocycles. The molecule has 1 heterocycles. The quantitative estimate of drug-likeness (QED) is 0.0491. The molecule has 1 amide bonds. The van der Waals surface area contributed by atoms with Crippen LogP contribution in [0.1, 0.15) is 187 Å². The Morgan fingerprint density at radius 3 is 1.35 bits per heavy atom. The third-order valence-electron chi connectivity index (χ3n) is 10.2. The maximum Gasteiger partial charge on any atom is 0.239 e. The molecule has 1 saturated heterocycles. The normalized spacial score (nSPS) is 17.3. The first-order valence-electron chi connectivity index (χ1n) is 22.2. The summed E-state index contributed by atoms with van der Waals surface area (Å²) in [5, 5.41) is 0. The van der Waals surface area contributed by atoms with E-state index in [-0.39, 0.29) is 18.1 Å². The van der Waals surface area contributed by atoms with E-state index < -0.39 is 6.04 Å². The minimum atomic E-state index is -0.466. The number of nitrogens with zero attached hydrogens (tertiary/aromatic N) is 1. The summed E-state index contributed by atoms with van der Waals surface area (Å²) in [7, 11) is 0. The maximum absolute atomic E-state index is 13.1. The highest BCUT2D eigenvalue weighted by atomic mass is 16.5. The van der Waals surface area contributed by atoms with E-state index in [9.17, 15) is 4.79 Å². The van der Waals surface area contributed by atoms with Crippen LogP contribution >= 0.6 is 0 Å². The molecule has 4 N–H and O–H groups in total. The molecule has 52 heavy (non-hydrogen) atoms. The largest absolute Gasteiger partial charge is 0.374 e. The number of rotatable bonds is 37.